The van der Waals surface area contributed by atoms with Crippen molar-refractivity contribution in [3.63, 3.8) is 0 Å². The maximum atomic E-state index is 13.1. The SMILES string of the molecule is CC(NC(=O)C1CCCN(S(=O)(=O)c2ccc(F)cc2)C1)C(=O)NCc1ccncc1. The van der Waals surface area contributed by atoms with Crippen molar-refractivity contribution in [1.82, 2.24) is 19.9 Å². The van der Waals surface area contributed by atoms with Crippen LogP contribution in [0.2, 0.25) is 0 Å². The molecule has 2 amide bonds. The molecule has 1 aromatic heterocycles. The highest BCUT2D eigenvalue weighted by Crippen LogP contribution is 2.24. The van der Waals surface area contributed by atoms with Gasteiger partial charge in [-0.1, -0.05) is 0 Å². The zero-order valence-electron chi connectivity index (χ0n) is 17.1. The molecule has 0 spiro atoms. The van der Waals surface area contributed by atoms with Gasteiger partial charge in [0.15, 0.2) is 0 Å². The summed E-state index contributed by atoms with van der Waals surface area (Å²) in [6.45, 7) is 2.19. The van der Waals surface area contributed by atoms with E-state index in [-0.39, 0.29) is 29.8 Å². The summed E-state index contributed by atoms with van der Waals surface area (Å²) < 4.78 is 40.0. The number of sulfonamides is 1. The first-order valence-electron chi connectivity index (χ1n) is 10.00. The Morgan fingerprint density at radius 1 is 1.19 bits per heavy atom. The van der Waals surface area contributed by atoms with Gasteiger partial charge in [-0.2, -0.15) is 4.31 Å². The molecule has 1 aliphatic rings. The lowest BCUT2D eigenvalue weighted by Gasteiger charge is -2.31. The third kappa shape index (κ3) is 5.86. The lowest BCUT2D eigenvalue weighted by Crippen LogP contribution is -2.50. The monoisotopic (exact) mass is 448 g/mol. The number of amides is 2. The molecule has 2 N–H and O–H groups in total. The fourth-order valence-electron chi connectivity index (χ4n) is 3.37. The van der Waals surface area contributed by atoms with Crippen LogP contribution in [0.15, 0.2) is 53.7 Å². The third-order valence-corrected chi connectivity index (χ3v) is 7.05. The number of benzene rings is 1. The van der Waals surface area contributed by atoms with Gasteiger partial charge >= 0.3 is 0 Å². The maximum absolute atomic E-state index is 13.1. The molecule has 2 heterocycles. The highest BCUT2D eigenvalue weighted by atomic mass is 32.2. The maximum Gasteiger partial charge on any atom is 0.243 e. The summed E-state index contributed by atoms with van der Waals surface area (Å²) in [5, 5.41) is 5.42. The standard InChI is InChI=1S/C21H25FN4O4S/c1-15(20(27)24-13-16-8-10-23-11-9-16)25-21(28)17-3-2-12-26(14-17)31(29,30)19-6-4-18(22)5-7-19/h4-11,15,17H,2-3,12-14H2,1H3,(H,24,27)(H,25,28). The number of rotatable bonds is 7. The number of hydrogen-bond acceptors (Lipinski definition) is 5. The molecule has 10 heteroatoms. The Labute approximate surface area is 180 Å². The predicted molar refractivity (Wildman–Crippen MR) is 112 cm³/mol. The number of halogens is 1. The highest BCUT2D eigenvalue weighted by molar-refractivity contribution is 7.89. The first-order chi connectivity index (χ1) is 14.8. The van der Waals surface area contributed by atoms with Crippen molar-refractivity contribution < 1.29 is 22.4 Å². The van der Waals surface area contributed by atoms with Crippen LogP contribution in [-0.4, -0.2) is 48.7 Å². The summed E-state index contributed by atoms with van der Waals surface area (Å²) in [6, 6.07) is 7.40. The van der Waals surface area contributed by atoms with Gasteiger partial charge in [-0.15, -0.1) is 0 Å². The minimum Gasteiger partial charge on any atom is -0.350 e. The number of piperidine rings is 1. The smallest absolute Gasteiger partial charge is 0.243 e. The van der Waals surface area contributed by atoms with E-state index in [0.717, 1.165) is 17.7 Å². The summed E-state index contributed by atoms with van der Waals surface area (Å²) in [5.41, 5.74) is 0.885. The largest absolute Gasteiger partial charge is 0.350 e. The molecule has 2 aromatic rings. The van der Waals surface area contributed by atoms with Gasteiger partial charge in [-0.3, -0.25) is 14.6 Å². The van der Waals surface area contributed by atoms with Crippen molar-refractivity contribution in [2.75, 3.05) is 13.1 Å². The van der Waals surface area contributed by atoms with Crippen LogP contribution < -0.4 is 10.6 Å². The van der Waals surface area contributed by atoms with E-state index in [1.807, 2.05) is 0 Å². The third-order valence-electron chi connectivity index (χ3n) is 5.17. The van der Waals surface area contributed by atoms with Crippen LogP contribution in [0, 0.1) is 11.7 Å². The molecular formula is C21H25FN4O4S. The molecular weight excluding hydrogens is 423 g/mol. The number of nitrogens with zero attached hydrogens (tertiary/aromatic N) is 2. The van der Waals surface area contributed by atoms with Crippen LogP contribution in [0.3, 0.4) is 0 Å². The fraction of sp³-hybridized carbons (Fsp3) is 0.381. The number of pyridine rings is 1. The average molecular weight is 449 g/mol. The van der Waals surface area contributed by atoms with Crippen LogP contribution >= 0.6 is 0 Å². The van der Waals surface area contributed by atoms with Gasteiger partial charge in [0, 0.05) is 32.0 Å². The molecule has 1 fully saturated rings. The first-order valence-corrected chi connectivity index (χ1v) is 11.4. The van der Waals surface area contributed by atoms with E-state index >= 15 is 0 Å². The van der Waals surface area contributed by atoms with Gasteiger partial charge in [0.1, 0.15) is 11.9 Å². The van der Waals surface area contributed by atoms with Crippen molar-refractivity contribution in [3.8, 4) is 0 Å². The second-order valence-electron chi connectivity index (χ2n) is 7.46. The van der Waals surface area contributed by atoms with Crippen LogP contribution in [-0.2, 0) is 26.2 Å². The molecule has 0 saturated carbocycles. The molecule has 0 radical (unpaired) electrons. The van der Waals surface area contributed by atoms with Crippen LogP contribution in [0.25, 0.3) is 0 Å². The summed E-state index contributed by atoms with van der Waals surface area (Å²) in [4.78, 5) is 28.9. The van der Waals surface area contributed by atoms with Gasteiger partial charge in [-0.25, -0.2) is 12.8 Å². The van der Waals surface area contributed by atoms with Gasteiger partial charge in [0.2, 0.25) is 21.8 Å². The lowest BCUT2D eigenvalue weighted by atomic mass is 9.98. The van der Waals surface area contributed by atoms with Crippen molar-refractivity contribution in [2.24, 2.45) is 5.92 Å². The quantitative estimate of drug-likeness (QED) is 0.666. The van der Waals surface area contributed by atoms with E-state index in [2.05, 4.69) is 15.6 Å². The lowest BCUT2D eigenvalue weighted by molar-refractivity contribution is -0.131. The Kier molecular flexibility index (Phi) is 7.34. The topological polar surface area (TPSA) is 108 Å². The van der Waals surface area contributed by atoms with Crippen molar-refractivity contribution in [1.29, 1.82) is 0 Å². The number of hydrogen-bond donors (Lipinski definition) is 2. The molecule has 8 nitrogen and oxygen atoms in total. The highest BCUT2D eigenvalue weighted by Gasteiger charge is 2.34. The Morgan fingerprint density at radius 3 is 2.55 bits per heavy atom. The zero-order chi connectivity index (χ0) is 22.4. The first kappa shape index (κ1) is 22.8. The van der Waals surface area contributed by atoms with E-state index in [1.54, 1.807) is 31.5 Å². The van der Waals surface area contributed by atoms with Crippen molar-refractivity contribution in [3.05, 3.63) is 60.2 Å². The molecule has 1 aliphatic heterocycles. The minimum atomic E-state index is -3.83. The molecule has 31 heavy (non-hydrogen) atoms. The Bertz CT molecular complexity index is 1020. The van der Waals surface area contributed by atoms with Crippen molar-refractivity contribution in [2.45, 2.75) is 37.2 Å². The number of aromatic nitrogens is 1. The van der Waals surface area contributed by atoms with E-state index in [9.17, 15) is 22.4 Å². The molecule has 0 bridgehead atoms. The van der Waals surface area contributed by atoms with E-state index in [0.29, 0.717) is 19.4 Å². The molecule has 1 aromatic carbocycles. The summed E-state index contributed by atoms with van der Waals surface area (Å²) >= 11 is 0. The molecule has 2 unspecified atom stereocenters. The molecule has 3 rings (SSSR count). The second kappa shape index (κ2) is 9.97. The fourth-order valence-corrected chi connectivity index (χ4v) is 4.89. The predicted octanol–water partition coefficient (Wildman–Crippen LogP) is 1.44. The van der Waals surface area contributed by atoms with Crippen LogP contribution in [0.4, 0.5) is 4.39 Å². The van der Waals surface area contributed by atoms with Crippen molar-refractivity contribution >= 4 is 21.8 Å². The average Bonchev–Trinajstić information content (AvgIpc) is 2.78. The Hall–Kier alpha value is -2.85. The van der Waals surface area contributed by atoms with E-state index < -0.39 is 27.8 Å². The summed E-state index contributed by atoms with van der Waals surface area (Å²) in [7, 11) is -3.83. The van der Waals surface area contributed by atoms with Gasteiger partial charge in [0.05, 0.1) is 10.8 Å². The molecule has 0 aliphatic carbocycles. The summed E-state index contributed by atoms with van der Waals surface area (Å²) in [6.07, 6.45) is 4.29. The van der Waals surface area contributed by atoms with E-state index in [4.69, 9.17) is 0 Å². The van der Waals surface area contributed by atoms with Gasteiger partial charge in [-0.05, 0) is 61.7 Å². The zero-order valence-corrected chi connectivity index (χ0v) is 17.9. The summed E-state index contributed by atoms with van der Waals surface area (Å²) in [5.74, 6) is -1.80. The van der Waals surface area contributed by atoms with Gasteiger partial charge in [0.25, 0.3) is 0 Å². The normalized spacial score (nSPS) is 18.2. The second-order valence-corrected chi connectivity index (χ2v) is 9.40. The number of nitrogens with one attached hydrogen (secondary N) is 2. The van der Waals surface area contributed by atoms with Gasteiger partial charge < -0.3 is 10.6 Å². The van der Waals surface area contributed by atoms with E-state index in [1.165, 1.54) is 16.4 Å². The molecule has 2 atom stereocenters. The van der Waals surface area contributed by atoms with Crippen LogP contribution in [0.5, 0.6) is 0 Å². The molecule has 1 saturated heterocycles. The molecule has 166 valence electrons. The van der Waals surface area contributed by atoms with Crippen LogP contribution in [0.1, 0.15) is 25.3 Å². The number of carbonyl (C=O) groups excluding carboxylic acids is 2. The Balaban J connectivity index is 1.56. The minimum absolute atomic E-state index is 0.0108. The Morgan fingerprint density at radius 2 is 1.87 bits per heavy atom. The number of carbonyl (C=O) groups is 2.